The van der Waals surface area contributed by atoms with Gasteiger partial charge in [0.2, 0.25) is 0 Å². The van der Waals surface area contributed by atoms with E-state index in [1.807, 2.05) is 36.4 Å². The van der Waals surface area contributed by atoms with E-state index in [2.05, 4.69) is 31.4 Å². The second-order valence-electron chi connectivity index (χ2n) is 8.52. The zero-order valence-corrected chi connectivity index (χ0v) is 24.0. The second kappa shape index (κ2) is 12.0. The molecule has 0 atom stereocenters. The number of para-hydroxylation sites is 1. The van der Waals surface area contributed by atoms with E-state index >= 15 is 0 Å². The Morgan fingerprint density at radius 3 is 2.52 bits per heavy atom. The van der Waals surface area contributed by atoms with Gasteiger partial charge in [-0.2, -0.15) is 5.10 Å². The van der Waals surface area contributed by atoms with Crippen molar-refractivity contribution in [3.8, 4) is 22.6 Å². The topological polar surface area (TPSA) is 92.8 Å². The maximum absolute atomic E-state index is 13.3. The third kappa shape index (κ3) is 5.74. The summed E-state index contributed by atoms with van der Waals surface area (Å²) in [5.41, 5.74) is 5.61. The summed E-state index contributed by atoms with van der Waals surface area (Å²) in [6.07, 6.45) is 1.39. The molecule has 0 fully saturated rings. The maximum atomic E-state index is 13.3. The number of benzene rings is 4. The lowest BCUT2D eigenvalue weighted by atomic mass is 10.0. The second-order valence-corrected chi connectivity index (χ2v) is 10.3. The number of rotatable bonds is 7. The number of hydrazone groups is 1. The van der Waals surface area contributed by atoms with Crippen LogP contribution in [-0.4, -0.2) is 30.2 Å². The Kier molecular flexibility index (Phi) is 8.21. The highest BCUT2D eigenvalue weighted by atomic mass is 79.9. The molecule has 2 N–H and O–H groups in total. The standard InChI is InChI=1S/C30H20BrCl2N3O4/c1-39-26-13-11-19(32)15-22(26)30(38)40-25-9-5-2-6-17(25)16-34-36-29(37)28-27(20-7-3-4-8-23(20)33)21-14-18(31)10-12-24(21)35-28/h2-16,35H,1H3,(H,36,37). The minimum Gasteiger partial charge on any atom is -0.496 e. The molecule has 7 nitrogen and oxygen atoms in total. The van der Waals surface area contributed by atoms with Crippen molar-refractivity contribution in [1.29, 1.82) is 0 Å². The van der Waals surface area contributed by atoms with E-state index < -0.39 is 11.9 Å². The number of methoxy groups -OCH3 is 1. The molecule has 0 bridgehead atoms. The van der Waals surface area contributed by atoms with Crippen molar-refractivity contribution in [2.24, 2.45) is 5.10 Å². The Labute approximate surface area is 247 Å². The van der Waals surface area contributed by atoms with Crippen molar-refractivity contribution in [3.63, 3.8) is 0 Å². The number of nitrogens with one attached hydrogen (secondary N) is 2. The molecule has 200 valence electrons. The van der Waals surface area contributed by atoms with Gasteiger partial charge in [-0.05, 0) is 54.6 Å². The molecule has 0 unspecified atom stereocenters. The number of carbonyl (C=O) groups is 2. The van der Waals surface area contributed by atoms with E-state index in [1.165, 1.54) is 19.4 Å². The van der Waals surface area contributed by atoms with Crippen LogP contribution in [0.2, 0.25) is 10.0 Å². The average Bonchev–Trinajstić information content (AvgIpc) is 3.32. The van der Waals surface area contributed by atoms with Gasteiger partial charge in [-0.1, -0.05) is 69.5 Å². The van der Waals surface area contributed by atoms with E-state index in [0.29, 0.717) is 38.2 Å². The Bertz CT molecular complexity index is 1780. The normalized spacial score (nSPS) is 11.1. The molecule has 1 amide bonds. The number of carbonyl (C=O) groups excluding carboxylic acids is 2. The third-order valence-electron chi connectivity index (χ3n) is 6.00. The smallest absolute Gasteiger partial charge is 0.347 e. The predicted molar refractivity (Wildman–Crippen MR) is 161 cm³/mol. The number of hydrogen-bond acceptors (Lipinski definition) is 5. The molecule has 0 radical (unpaired) electrons. The molecule has 0 aliphatic rings. The van der Waals surface area contributed by atoms with Crippen LogP contribution in [0.15, 0.2) is 94.5 Å². The summed E-state index contributed by atoms with van der Waals surface area (Å²) in [7, 11) is 1.45. The van der Waals surface area contributed by atoms with Crippen LogP contribution in [0.3, 0.4) is 0 Å². The number of esters is 1. The molecule has 40 heavy (non-hydrogen) atoms. The molecule has 0 aliphatic heterocycles. The Morgan fingerprint density at radius 2 is 1.73 bits per heavy atom. The molecule has 1 heterocycles. The highest BCUT2D eigenvalue weighted by molar-refractivity contribution is 9.10. The van der Waals surface area contributed by atoms with Crippen LogP contribution in [0, 0.1) is 0 Å². The minimum atomic E-state index is -0.655. The number of nitrogens with zero attached hydrogens (tertiary/aromatic N) is 1. The molecule has 0 aliphatic carbocycles. The monoisotopic (exact) mass is 635 g/mol. The summed E-state index contributed by atoms with van der Waals surface area (Å²) < 4.78 is 11.7. The molecule has 0 saturated carbocycles. The van der Waals surface area contributed by atoms with Gasteiger partial charge in [0, 0.05) is 42.1 Å². The number of halogens is 3. The lowest BCUT2D eigenvalue weighted by Gasteiger charge is -2.10. The third-order valence-corrected chi connectivity index (χ3v) is 7.06. The quantitative estimate of drug-likeness (QED) is 0.0822. The van der Waals surface area contributed by atoms with Crippen molar-refractivity contribution in [3.05, 3.63) is 116 Å². The van der Waals surface area contributed by atoms with Crippen LogP contribution in [-0.2, 0) is 0 Å². The number of aromatic amines is 1. The summed E-state index contributed by atoms with van der Waals surface area (Å²) in [5, 5.41) is 5.83. The van der Waals surface area contributed by atoms with Crippen LogP contribution in [0.25, 0.3) is 22.0 Å². The molecule has 0 spiro atoms. The van der Waals surface area contributed by atoms with Gasteiger partial charge in [0.25, 0.3) is 5.91 Å². The fourth-order valence-corrected chi connectivity index (χ4v) is 4.93. The zero-order valence-electron chi connectivity index (χ0n) is 20.9. The molecule has 5 rings (SSSR count). The number of fused-ring (bicyclic) bond motifs is 1. The molecule has 5 aromatic rings. The number of ether oxygens (including phenoxy) is 2. The number of aromatic nitrogens is 1. The van der Waals surface area contributed by atoms with E-state index in [0.717, 1.165) is 15.4 Å². The van der Waals surface area contributed by atoms with Crippen molar-refractivity contribution in [2.45, 2.75) is 0 Å². The van der Waals surface area contributed by atoms with Crippen LogP contribution in [0.1, 0.15) is 26.4 Å². The fraction of sp³-hybridized carbons (Fsp3) is 0.0333. The van der Waals surface area contributed by atoms with Gasteiger partial charge in [-0.25, -0.2) is 10.2 Å². The first-order valence-electron chi connectivity index (χ1n) is 11.9. The van der Waals surface area contributed by atoms with E-state index in [-0.39, 0.29) is 11.3 Å². The van der Waals surface area contributed by atoms with Gasteiger partial charge >= 0.3 is 5.97 Å². The van der Waals surface area contributed by atoms with Crippen molar-refractivity contribution in [1.82, 2.24) is 10.4 Å². The molecular formula is C30H20BrCl2N3O4. The van der Waals surface area contributed by atoms with Crippen LogP contribution in [0.4, 0.5) is 0 Å². The first-order valence-corrected chi connectivity index (χ1v) is 13.4. The minimum absolute atomic E-state index is 0.174. The molecule has 1 aromatic heterocycles. The molecule has 10 heteroatoms. The van der Waals surface area contributed by atoms with Crippen molar-refractivity contribution >= 4 is 68.1 Å². The molecule has 4 aromatic carbocycles. The molecular weight excluding hydrogens is 617 g/mol. The van der Waals surface area contributed by atoms with Gasteiger partial charge in [-0.3, -0.25) is 4.79 Å². The maximum Gasteiger partial charge on any atom is 0.347 e. The van der Waals surface area contributed by atoms with E-state index in [1.54, 1.807) is 42.5 Å². The van der Waals surface area contributed by atoms with Gasteiger partial charge in [0.1, 0.15) is 22.8 Å². The fourth-order valence-electron chi connectivity index (χ4n) is 4.17. The highest BCUT2D eigenvalue weighted by Gasteiger charge is 2.21. The Hall–Kier alpha value is -4.11. The zero-order chi connectivity index (χ0) is 28.2. The summed E-state index contributed by atoms with van der Waals surface area (Å²) in [6, 6.07) is 24.4. The van der Waals surface area contributed by atoms with Crippen molar-refractivity contribution < 1.29 is 19.1 Å². The predicted octanol–water partition coefficient (Wildman–Crippen LogP) is 7.90. The van der Waals surface area contributed by atoms with Crippen LogP contribution >= 0.6 is 39.1 Å². The van der Waals surface area contributed by atoms with Gasteiger partial charge in [-0.15, -0.1) is 0 Å². The lowest BCUT2D eigenvalue weighted by Crippen LogP contribution is -2.19. The largest absolute Gasteiger partial charge is 0.496 e. The van der Waals surface area contributed by atoms with Gasteiger partial charge < -0.3 is 14.5 Å². The first-order chi connectivity index (χ1) is 19.4. The SMILES string of the molecule is COc1ccc(Cl)cc1C(=O)Oc1ccccc1C=NNC(=O)c1[nH]c2ccc(Br)cc2c1-c1ccccc1Cl. The van der Waals surface area contributed by atoms with Crippen molar-refractivity contribution in [2.75, 3.05) is 7.11 Å². The number of hydrogen-bond donors (Lipinski definition) is 2. The van der Waals surface area contributed by atoms with E-state index in [9.17, 15) is 9.59 Å². The Balaban J connectivity index is 1.41. The first kappa shape index (κ1) is 27.5. The molecule has 0 saturated heterocycles. The summed E-state index contributed by atoms with van der Waals surface area (Å²) in [5.74, 6) is -0.568. The number of amides is 1. The summed E-state index contributed by atoms with van der Waals surface area (Å²) in [6.45, 7) is 0. The average molecular weight is 637 g/mol. The summed E-state index contributed by atoms with van der Waals surface area (Å²) in [4.78, 5) is 29.4. The van der Waals surface area contributed by atoms with Gasteiger partial charge in [0.15, 0.2) is 0 Å². The lowest BCUT2D eigenvalue weighted by molar-refractivity contribution is 0.0730. The summed E-state index contributed by atoms with van der Waals surface area (Å²) >= 11 is 16.1. The van der Waals surface area contributed by atoms with Crippen LogP contribution < -0.4 is 14.9 Å². The van der Waals surface area contributed by atoms with E-state index in [4.69, 9.17) is 32.7 Å². The van der Waals surface area contributed by atoms with Crippen LogP contribution in [0.5, 0.6) is 11.5 Å². The number of H-pyrrole nitrogens is 1. The highest BCUT2D eigenvalue weighted by Crippen LogP contribution is 2.37. The Morgan fingerprint density at radius 1 is 0.950 bits per heavy atom. The van der Waals surface area contributed by atoms with Gasteiger partial charge in [0.05, 0.1) is 13.3 Å².